The largest absolute Gasteiger partial charge is 0.390 e. The first-order chi connectivity index (χ1) is 9.83. The number of carbonyl (C=O) groups is 1. The van der Waals surface area contributed by atoms with Crippen LogP contribution >= 0.6 is 11.3 Å². The van der Waals surface area contributed by atoms with E-state index >= 15 is 0 Å². The fourth-order valence-electron chi connectivity index (χ4n) is 1.36. The van der Waals surface area contributed by atoms with E-state index in [1.54, 1.807) is 11.7 Å². The second-order valence-electron chi connectivity index (χ2n) is 3.60. The molecule has 6 nitrogen and oxygen atoms in total. The molecule has 0 saturated heterocycles. The molecule has 2 rings (SSSR count). The molecule has 0 fully saturated rings. The quantitative estimate of drug-likeness (QED) is 0.478. The average Bonchev–Trinajstić information content (AvgIpc) is 2.94. The SMILES string of the molecule is O=[C]C(=NOCc1ccccc1)c1csc(NC=O)n1. The van der Waals surface area contributed by atoms with Gasteiger partial charge in [0, 0.05) is 5.38 Å². The van der Waals surface area contributed by atoms with Gasteiger partial charge in [0.15, 0.2) is 10.8 Å². The van der Waals surface area contributed by atoms with Crippen LogP contribution in [0.15, 0.2) is 40.9 Å². The van der Waals surface area contributed by atoms with Crippen molar-refractivity contribution < 1.29 is 14.4 Å². The van der Waals surface area contributed by atoms with Crippen molar-refractivity contribution in [1.82, 2.24) is 4.98 Å². The topological polar surface area (TPSA) is 80.6 Å². The number of benzene rings is 1. The lowest BCUT2D eigenvalue weighted by Crippen LogP contribution is -2.05. The second-order valence-corrected chi connectivity index (χ2v) is 4.46. The van der Waals surface area contributed by atoms with Gasteiger partial charge in [0.1, 0.15) is 12.3 Å². The van der Waals surface area contributed by atoms with Gasteiger partial charge in [0.25, 0.3) is 6.29 Å². The molecule has 0 unspecified atom stereocenters. The van der Waals surface area contributed by atoms with Gasteiger partial charge in [-0.05, 0) is 5.56 Å². The van der Waals surface area contributed by atoms with Crippen LogP contribution in [0.2, 0.25) is 0 Å². The number of nitrogens with one attached hydrogen (secondary N) is 1. The summed E-state index contributed by atoms with van der Waals surface area (Å²) < 4.78 is 0. The Balaban J connectivity index is 2.01. The standard InChI is InChI=1S/C13H10N3O3S/c17-6-11(12-8-20-13(15-12)14-9-18)16-19-7-10-4-2-1-3-5-10/h1-5,8-9H,7H2,(H,14,15,18). The van der Waals surface area contributed by atoms with Crippen molar-refractivity contribution >= 4 is 34.9 Å². The number of oxime groups is 1. The number of hydrogen-bond acceptors (Lipinski definition) is 6. The molecule has 0 aliphatic carbocycles. The van der Waals surface area contributed by atoms with Gasteiger partial charge in [-0.3, -0.25) is 9.59 Å². The Morgan fingerprint density at radius 3 is 2.95 bits per heavy atom. The monoisotopic (exact) mass is 288 g/mol. The van der Waals surface area contributed by atoms with E-state index in [0.717, 1.165) is 5.56 Å². The molecule has 1 amide bonds. The second kappa shape index (κ2) is 7.15. The normalized spacial score (nSPS) is 10.9. The molecule has 0 spiro atoms. The third kappa shape index (κ3) is 3.72. The number of rotatable bonds is 7. The first-order valence-electron chi connectivity index (χ1n) is 5.61. The lowest BCUT2D eigenvalue weighted by molar-refractivity contribution is -0.105. The van der Waals surface area contributed by atoms with E-state index in [2.05, 4.69) is 15.5 Å². The van der Waals surface area contributed by atoms with Crippen molar-refractivity contribution in [1.29, 1.82) is 0 Å². The zero-order valence-corrected chi connectivity index (χ0v) is 11.1. The molecule has 7 heteroatoms. The molecule has 101 valence electrons. The maximum atomic E-state index is 10.9. The Labute approximate surface area is 119 Å². The molecule has 1 heterocycles. The summed E-state index contributed by atoms with van der Waals surface area (Å²) in [5, 5.41) is 8.05. The Kier molecular flexibility index (Phi) is 4.96. The summed E-state index contributed by atoms with van der Waals surface area (Å²) >= 11 is 1.18. The first kappa shape index (κ1) is 13.9. The van der Waals surface area contributed by atoms with E-state index in [9.17, 15) is 9.59 Å². The van der Waals surface area contributed by atoms with Crippen molar-refractivity contribution in [2.24, 2.45) is 5.16 Å². The van der Waals surface area contributed by atoms with Crippen LogP contribution in [0.1, 0.15) is 11.3 Å². The van der Waals surface area contributed by atoms with E-state index in [0.29, 0.717) is 17.2 Å². The van der Waals surface area contributed by atoms with Gasteiger partial charge >= 0.3 is 0 Å². The minimum Gasteiger partial charge on any atom is -0.390 e. The summed E-state index contributed by atoms with van der Waals surface area (Å²) in [7, 11) is 0. The molecule has 2 aromatic rings. The molecule has 1 N–H and O–H groups in total. The van der Waals surface area contributed by atoms with Crippen molar-refractivity contribution in [2.75, 3.05) is 5.32 Å². The fourth-order valence-corrected chi connectivity index (χ4v) is 2.02. The molecule has 0 saturated carbocycles. The molecule has 0 atom stereocenters. The van der Waals surface area contributed by atoms with Gasteiger partial charge in [-0.1, -0.05) is 35.5 Å². The molecule has 1 radical (unpaired) electrons. The third-order valence-electron chi connectivity index (χ3n) is 2.26. The lowest BCUT2D eigenvalue weighted by Gasteiger charge is -1.99. The van der Waals surface area contributed by atoms with Crippen LogP contribution in [0.4, 0.5) is 5.13 Å². The van der Waals surface area contributed by atoms with Gasteiger partial charge < -0.3 is 10.2 Å². The predicted molar refractivity (Wildman–Crippen MR) is 75.3 cm³/mol. The summed E-state index contributed by atoms with van der Waals surface area (Å²) in [6, 6.07) is 9.43. The highest BCUT2D eigenvalue weighted by molar-refractivity contribution is 7.14. The van der Waals surface area contributed by atoms with E-state index < -0.39 is 0 Å². The molecule has 0 bridgehead atoms. The zero-order valence-electron chi connectivity index (χ0n) is 10.3. The fraction of sp³-hybridized carbons (Fsp3) is 0.0769. The Morgan fingerprint density at radius 2 is 2.25 bits per heavy atom. The summed E-state index contributed by atoms with van der Waals surface area (Å²) in [5.41, 5.74) is 1.20. The first-order valence-corrected chi connectivity index (χ1v) is 6.49. The molecule has 0 aliphatic heterocycles. The highest BCUT2D eigenvalue weighted by atomic mass is 32.1. The van der Waals surface area contributed by atoms with Gasteiger partial charge in [-0.2, -0.15) is 0 Å². The summed E-state index contributed by atoms with van der Waals surface area (Å²) in [6.45, 7) is 0.246. The van der Waals surface area contributed by atoms with Gasteiger partial charge in [-0.25, -0.2) is 4.98 Å². The minimum absolute atomic E-state index is 0.0452. The number of amides is 1. The molecule has 1 aromatic heterocycles. The van der Waals surface area contributed by atoms with Crippen LogP contribution in [0.25, 0.3) is 0 Å². The number of thiazole rings is 1. The number of anilines is 1. The lowest BCUT2D eigenvalue weighted by atomic mass is 10.2. The maximum Gasteiger partial charge on any atom is 0.259 e. The number of nitrogens with zero attached hydrogens (tertiary/aromatic N) is 2. The van der Waals surface area contributed by atoms with Crippen molar-refractivity contribution in [2.45, 2.75) is 6.61 Å². The van der Waals surface area contributed by atoms with Crippen molar-refractivity contribution in [3.63, 3.8) is 0 Å². The van der Waals surface area contributed by atoms with Crippen LogP contribution < -0.4 is 5.32 Å². The predicted octanol–water partition coefficient (Wildman–Crippen LogP) is 1.74. The Bertz CT molecular complexity index is 610. The molecule has 20 heavy (non-hydrogen) atoms. The van der Waals surface area contributed by atoms with Crippen molar-refractivity contribution in [3.8, 4) is 0 Å². The van der Waals surface area contributed by atoms with E-state index in [4.69, 9.17) is 4.84 Å². The summed E-state index contributed by atoms with van der Waals surface area (Å²) in [5.74, 6) is 0. The van der Waals surface area contributed by atoms with Crippen LogP contribution in [-0.4, -0.2) is 23.4 Å². The van der Waals surface area contributed by atoms with Crippen LogP contribution in [0.3, 0.4) is 0 Å². The smallest absolute Gasteiger partial charge is 0.259 e. The van der Waals surface area contributed by atoms with Crippen LogP contribution in [0, 0.1) is 0 Å². The Morgan fingerprint density at radius 1 is 1.45 bits per heavy atom. The Hall–Kier alpha value is -2.54. The van der Waals surface area contributed by atoms with Gasteiger partial charge in [0.2, 0.25) is 6.41 Å². The summed E-state index contributed by atoms with van der Waals surface area (Å²) in [6.07, 6.45) is 2.17. The number of carbonyl (C=O) groups excluding carboxylic acids is 2. The van der Waals surface area contributed by atoms with E-state index in [-0.39, 0.29) is 12.3 Å². The minimum atomic E-state index is -0.0452. The van der Waals surface area contributed by atoms with Crippen LogP contribution in [0.5, 0.6) is 0 Å². The molecular formula is C13H10N3O3S. The van der Waals surface area contributed by atoms with Crippen molar-refractivity contribution in [3.05, 3.63) is 47.0 Å². The third-order valence-corrected chi connectivity index (χ3v) is 3.03. The van der Waals surface area contributed by atoms with Gasteiger partial charge in [-0.15, -0.1) is 11.3 Å². The number of aromatic nitrogens is 1. The average molecular weight is 288 g/mol. The highest BCUT2D eigenvalue weighted by Crippen LogP contribution is 2.15. The molecular weight excluding hydrogens is 278 g/mol. The highest BCUT2D eigenvalue weighted by Gasteiger charge is 2.09. The molecule has 1 aromatic carbocycles. The zero-order chi connectivity index (χ0) is 14.2. The number of hydrogen-bond donors (Lipinski definition) is 1. The van der Waals surface area contributed by atoms with Crippen LogP contribution in [-0.2, 0) is 21.0 Å². The summed E-state index contributed by atoms with van der Waals surface area (Å²) in [4.78, 5) is 30.2. The van der Waals surface area contributed by atoms with Gasteiger partial charge in [0.05, 0.1) is 0 Å². The van der Waals surface area contributed by atoms with E-state index in [1.165, 1.54) is 11.3 Å². The van der Waals surface area contributed by atoms with E-state index in [1.807, 2.05) is 30.3 Å². The molecule has 0 aliphatic rings. The maximum absolute atomic E-state index is 10.9.